The topological polar surface area (TPSA) is 106 Å². The molecule has 0 saturated heterocycles. The first-order valence-corrected chi connectivity index (χ1v) is 23.4. The molecule has 8 aromatic carbocycles. The number of hydrogen-bond donors (Lipinski definition) is 0. The van der Waals surface area contributed by atoms with Gasteiger partial charge in [-0.25, -0.2) is 8.42 Å². The molecule has 0 radical (unpaired) electrons. The van der Waals surface area contributed by atoms with Crippen LogP contribution in [-0.2, 0) is 16.7 Å². The van der Waals surface area contributed by atoms with Gasteiger partial charge in [-0.3, -0.25) is 0 Å². The molecule has 10 nitrogen and oxygen atoms in total. The molecular weight excluding hydrogens is 898 g/mol. The van der Waals surface area contributed by atoms with E-state index in [1.165, 1.54) is 6.92 Å². The van der Waals surface area contributed by atoms with E-state index in [1.807, 2.05) is 97.1 Å². The number of aryl methyl sites for hydroxylation is 1. The number of fused-ring (bicyclic) bond motifs is 3. The largest absolute Gasteiger partial charge is 1.00 e. The molecule has 1 heterocycles. The Morgan fingerprint density at radius 3 is 0.971 bits per heavy atom. The number of methoxy groups -OCH3 is 4. The van der Waals surface area contributed by atoms with Gasteiger partial charge in [0.05, 0.1) is 38.6 Å². The minimum atomic E-state index is -4.44. The van der Waals surface area contributed by atoms with Gasteiger partial charge in [0.15, 0.2) is 0 Å². The van der Waals surface area contributed by atoms with Gasteiger partial charge in [0.1, 0.15) is 23.0 Å². The zero-order valence-electron chi connectivity index (χ0n) is 38.9. The van der Waals surface area contributed by atoms with Gasteiger partial charge in [0, 0.05) is 67.7 Å². The van der Waals surface area contributed by atoms with Gasteiger partial charge in [0.2, 0.25) is 0 Å². The van der Waals surface area contributed by atoms with Crippen molar-refractivity contribution in [3.8, 4) is 45.3 Å². The van der Waals surface area contributed by atoms with Gasteiger partial charge < -0.3 is 37.9 Å². The Labute approximate surface area is 440 Å². The van der Waals surface area contributed by atoms with Crippen molar-refractivity contribution in [3.05, 3.63) is 182 Å². The van der Waals surface area contributed by atoms with Crippen molar-refractivity contribution in [1.29, 1.82) is 0 Å². The number of rotatable bonds is 16. The third-order valence-electron chi connectivity index (χ3n) is 12.4. The van der Waals surface area contributed by atoms with Gasteiger partial charge in [-0.15, -0.1) is 0 Å². The van der Waals surface area contributed by atoms with Crippen LogP contribution in [-0.4, -0.2) is 51.2 Å². The summed E-state index contributed by atoms with van der Waals surface area (Å²) < 4.78 is 59.9. The van der Waals surface area contributed by atoms with E-state index in [-0.39, 0.29) is 57.8 Å². The number of anilines is 6. The second kappa shape index (κ2) is 21.0. The molecule has 68 heavy (non-hydrogen) atoms. The van der Waals surface area contributed by atoms with E-state index in [2.05, 4.69) is 99.3 Å². The summed E-state index contributed by atoms with van der Waals surface area (Å²) in [5.74, 6) is 3.11. The Morgan fingerprint density at radius 2 is 0.706 bits per heavy atom. The summed E-state index contributed by atoms with van der Waals surface area (Å²) >= 11 is 0. The molecule has 0 aliphatic carbocycles. The van der Waals surface area contributed by atoms with Crippen LogP contribution in [0.2, 0.25) is 0 Å². The van der Waals surface area contributed by atoms with Gasteiger partial charge >= 0.3 is 51.4 Å². The Kier molecular flexibility index (Phi) is 15.0. The van der Waals surface area contributed by atoms with E-state index in [4.69, 9.17) is 18.9 Å². The van der Waals surface area contributed by atoms with Crippen LogP contribution in [0.5, 0.6) is 23.0 Å². The number of hydrogen-bond acceptors (Lipinski definition) is 9. The van der Waals surface area contributed by atoms with Crippen molar-refractivity contribution in [2.75, 3.05) is 38.2 Å². The molecule has 0 aliphatic heterocycles. The van der Waals surface area contributed by atoms with Crippen LogP contribution in [0.15, 0.2) is 182 Å². The number of benzene rings is 8. The summed E-state index contributed by atoms with van der Waals surface area (Å²) in [6.45, 7) is 1.85. The van der Waals surface area contributed by atoms with E-state index >= 15 is 0 Å². The maximum Gasteiger partial charge on any atom is 1.00 e. The third-order valence-corrected chi connectivity index (χ3v) is 13.6. The molecule has 1 aromatic heterocycles. The molecule has 0 saturated carbocycles. The fourth-order valence-electron chi connectivity index (χ4n) is 8.58. The summed E-state index contributed by atoms with van der Waals surface area (Å²) in [7, 11) is 2.20. The second-order valence-electron chi connectivity index (χ2n) is 16.3. The van der Waals surface area contributed by atoms with Crippen molar-refractivity contribution < 1.29 is 83.3 Å². The van der Waals surface area contributed by atoms with E-state index in [9.17, 15) is 13.0 Å². The number of aromatic nitrogens is 1. The van der Waals surface area contributed by atoms with Gasteiger partial charge in [-0.2, -0.15) is 0 Å². The molecule has 0 spiro atoms. The molecule has 338 valence electrons. The Hall–Kier alpha value is -6.09. The standard InChI is InChI=1S/C56H51N3O7S.K/c1-38(67(60,61)62)34-35-57-55-32-10-41(39-6-12-43(13-7-39)58(45-16-24-49(63-2)25-17-45)46-18-26-50(64-3)27-19-46)36-53(55)54-37-42(11-33-56(54)57)40-8-14-44(15-9-40)59(47-20-28-51(65-4)29-21-47)48-22-30-52(66-5)31-23-48;/h6-33,36-38H,34-35H2,1-5H3,(H,60,61,62);/q;+1/p-1. The number of nitrogens with zero attached hydrogens (tertiary/aromatic N) is 3. The predicted molar refractivity (Wildman–Crippen MR) is 270 cm³/mol. The van der Waals surface area contributed by atoms with Gasteiger partial charge in [-0.1, -0.05) is 36.4 Å². The Morgan fingerprint density at radius 1 is 0.441 bits per heavy atom. The van der Waals surface area contributed by atoms with E-state index in [0.29, 0.717) is 6.54 Å². The molecule has 0 bridgehead atoms. The van der Waals surface area contributed by atoms with E-state index in [1.54, 1.807) is 28.4 Å². The summed E-state index contributed by atoms with van der Waals surface area (Å²) in [5, 5.41) is 1.02. The third kappa shape index (κ3) is 10.2. The molecule has 9 rings (SSSR count). The molecule has 0 aliphatic rings. The first-order chi connectivity index (χ1) is 32.5. The Balaban J connectivity index is 0.00000625. The van der Waals surface area contributed by atoms with Crippen LogP contribution in [0, 0.1) is 0 Å². The first-order valence-electron chi connectivity index (χ1n) is 21.9. The zero-order chi connectivity index (χ0) is 46.7. The van der Waals surface area contributed by atoms with Crippen molar-refractivity contribution in [1.82, 2.24) is 4.57 Å². The first kappa shape index (κ1) is 48.4. The molecule has 0 fully saturated rings. The molecule has 0 amide bonds. The smallest absolute Gasteiger partial charge is 0.748 e. The van der Waals surface area contributed by atoms with Gasteiger partial charge in [0.25, 0.3) is 0 Å². The van der Waals surface area contributed by atoms with Crippen LogP contribution in [0.25, 0.3) is 44.1 Å². The minimum absolute atomic E-state index is 0. The van der Waals surface area contributed by atoms with Crippen LogP contribution >= 0.6 is 0 Å². The number of ether oxygens (including phenoxy) is 4. The van der Waals surface area contributed by atoms with Crippen molar-refractivity contribution in [2.24, 2.45) is 0 Å². The fourth-order valence-corrected chi connectivity index (χ4v) is 8.98. The Bertz CT molecular complexity index is 2960. The fraction of sp³-hybridized carbons (Fsp3) is 0.143. The summed E-state index contributed by atoms with van der Waals surface area (Å²) in [6, 6.07) is 61.7. The predicted octanol–water partition coefficient (Wildman–Crippen LogP) is 10.4. The molecular formula is C56H50KN3O7S. The molecule has 1 atom stereocenters. The molecule has 0 N–H and O–H groups in total. The van der Waals surface area contributed by atoms with Crippen LogP contribution in [0.4, 0.5) is 34.1 Å². The molecule has 9 aromatic rings. The average molecular weight is 948 g/mol. The zero-order valence-corrected chi connectivity index (χ0v) is 42.9. The summed E-state index contributed by atoms with van der Waals surface area (Å²) in [6.07, 6.45) is 0.189. The van der Waals surface area contributed by atoms with E-state index < -0.39 is 15.4 Å². The van der Waals surface area contributed by atoms with Crippen molar-refractivity contribution >= 4 is 66.0 Å². The SMILES string of the molecule is COc1ccc(N(c2ccc(OC)cc2)c2ccc(-c3ccc4c(c3)c3cc(-c5ccc(N(c6ccc(OC)cc6)c6ccc(OC)cc6)cc5)ccc3n4CCC(C)S(=O)(=O)[O-])cc2)cc1.[K+]. The van der Waals surface area contributed by atoms with Crippen LogP contribution in [0.1, 0.15) is 13.3 Å². The average Bonchev–Trinajstić information content (AvgIpc) is 3.68. The molecule has 1 unspecified atom stereocenters. The molecule has 12 heteroatoms. The second-order valence-corrected chi connectivity index (χ2v) is 18.1. The normalized spacial score (nSPS) is 11.7. The quantitative estimate of drug-likeness (QED) is 0.0692. The van der Waals surface area contributed by atoms with Crippen molar-refractivity contribution in [2.45, 2.75) is 25.1 Å². The summed E-state index contributed by atoms with van der Waals surface area (Å²) in [5.41, 5.74) is 11.9. The monoisotopic (exact) mass is 947 g/mol. The maximum absolute atomic E-state index is 12.0. The van der Waals surface area contributed by atoms with E-state index in [0.717, 1.165) is 101 Å². The van der Waals surface area contributed by atoms with Crippen molar-refractivity contribution in [3.63, 3.8) is 0 Å². The van der Waals surface area contributed by atoms with Crippen LogP contribution < -0.4 is 80.1 Å². The minimum Gasteiger partial charge on any atom is -0.748 e. The van der Waals surface area contributed by atoms with Crippen LogP contribution in [0.3, 0.4) is 0 Å². The van der Waals surface area contributed by atoms with Gasteiger partial charge in [-0.05, 0) is 181 Å². The maximum atomic E-state index is 12.0. The summed E-state index contributed by atoms with van der Waals surface area (Å²) in [4.78, 5) is 4.37.